The molecule has 92 valence electrons. The van der Waals surface area contributed by atoms with E-state index in [4.69, 9.17) is 20.3 Å². The minimum atomic E-state index is -1.09. The summed E-state index contributed by atoms with van der Waals surface area (Å²) in [5.74, 6) is -1.50. The summed E-state index contributed by atoms with van der Waals surface area (Å²) < 4.78 is 9.78. The quantitative estimate of drug-likeness (QED) is 0.597. The Morgan fingerprint density at radius 3 is 2.94 bits per heavy atom. The van der Waals surface area contributed by atoms with E-state index in [2.05, 4.69) is 0 Å². The summed E-state index contributed by atoms with van der Waals surface area (Å²) in [7, 11) is 1.43. The number of nitrogens with two attached hydrogens (primary N) is 1. The molecular weight excluding hydrogens is 216 g/mol. The third kappa shape index (κ3) is 2.91. The van der Waals surface area contributed by atoms with E-state index in [1.54, 1.807) is 0 Å². The number of carboxylic acids is 1. The van der Waals surface area contributed by atoms with Gasteiger partial charge in [-0.25, -0.2) is 4.79 Å². The number of carboxylic acid groups (broad SMARTS) is 1. The summed E-state index contributed by atoms with van der Waals surface area (Å²) in [5.41, 5.74) is 5.57. The van der Waals surface area contributed by atoms with Gasteiger partial charge >= 0.3 is 5.97 Å². The molecule has 0 bridgehead atoms. The predicted octanol–water partition coefficient (Wildman–Crippen LogP) is -1.73. The van der Waals surface area contributed by atoms with Gasteiger partial charge in [0.05, 0.1) is 19.8 Å². The number of nitrogens with zero attached hydrogens (tertiary/aromatic N) is 1. The smallest absolute Gasteiger partial charge is 0.328 e. The first-order valence-corrected chi connectivity index (χ1v) is 4.93. The first-order chi connectivity index (χ1) is 7.57. The lowest BCUT2D eigenvalue weighted by Crippen LogP contribution is -2.57. The summed E-state index contributed by atoms with van der Waals surface area (Å²) in [6, 6.07) is -1.78. The first kappa shape index (κ1) is 12.9. The molecule has 1 amide bonds. The van der Waals surface area contributed by atoms with Crippen molar-refractivity contribution in [3.63, 3.8) is 0 Å². The normalized spacial score (nSPS) is 22.9. The Labute approximate surface area is 93.1 Å². The second kappa shape index (κ2) is 5.78. The van der Waals surface area contributed by atoms with Gasteiger partial charge in [0.15, 0.2) is 6.04 Å². The number of ether oxygens (including phenoxy) is 2. The van der Waals surface area contributed by atoms with E-state index >= 15 is 0 Å². The number of methoxy groups -OCH3 is 1. The fourth-order valence-corrected chi connectivity index (χ4v) is 1.54. The minimum absolute atomic E-state index is 0.000769. The van der Waals surface area contributed by atoms with Gasteiger partial charge in [0, 0.05) is 13.7 Å². The van der Waals surface area contributed by atoms with Crippen molar-refractivity contribution in [2.45, 2.75) is 12.1 Å². The van der Waals surface area contributed by atoms with E-state index in [-0.39, 0.29) is 19.8 Å². The maximum atomic E-state index is 11.8. The largest absolute Gasteiger partial charge is 0.480 e. The average Bonchev–Trinajstić information content (AvgIpc) is 2.28. The molecule has 0 saturated carbocycles. The first-order valence-electron chi connectivity index (χ1n) is 4.93. The van der Waals surface area contributed by atoms with Crippen molar-refractivity contribution in [2.24, 2.45) is 5.73 Å². The second-order valence-electron chi connectivity index (χ2n) is 3.52. The highest BCUT2D eigenvalue weighted by Gasteiger charge is 2.34. The molecule has 7 heteroatoms. The van der Waals surface area contributed by atoms with Gasteiger partial charge in [0.25, 0.3) is 0 Å². The summed E-state index contributed by atoms with van der Waals surface area (Å²) >= 11 is 0. The van der Waals surface area contributed by atoms with E-state index in [0.717, 1.165) is 0 Å². The predicted molar refractivity (Wildman–Crippen MR) is 53.8 cm³/mol. The molecular formula is C9H16N2O5. The lowest BCUT2D eigenvalue weighted by atomic mass is 10.2. The van der Waals surface area contributed by atoms with Gasteiger partial charge in [0.1, 0.15) is 6.04 Å². The zero-order chi connectivity index (χ0) is 12.1. The van der Waals surface area contributed by atoms with E-state index in [9.17, 15) is 9.59 Å². The van der Waals surface area contributed by atoms with E-state index < -0.39 is 24.0 Å². The summed E-state index contributed by atoms with van der Waals surface area (Å²) in [6.45, 7) is 0.645. The van der Waals surface area contributed by atoms with Crippen molar-refractivity contribution >= 4 is 11.9 Å². The molecule has 1 rings (SSSR count). The Balaban J connectivity index is 2.67. The molecule has 1 saturated heterocycles. The monoisotopic (exact) mass is 232 g/mol. The highest BCUT2D eigenvalue weighted by molar-refractivity contribution is 5.87. The van der Waals surface area contributed by atoms with Crippen LogP contribution in [0.5, 0.6) is 0 Å². The molecule has 0 aliphatic carbocycles. The summed E-state index contributed by atoms with van der Waals surface area (Å²) in [4.78, 5) is 23.9. The molecule has 1 fully saturated rings. The standard InChI is InChI=1S/C9H16N2O5/c1-15-4-6(10)8(12)11-2-3-16-5-7(11)9(13)14/h6-7H,2-5,10H2,1H3,(H,13,14). The molecule has 0 aromatic rings. The van der Waals surface area contributed by atoms with Crippen LogP contribution in [-0.2, 0) is 19.1 Å². The van der Waals surface area contributed by atoms with Gasteiger partial charge in [-0.1, -0.05) is 0 Å². The maximum Gasteiger partial charge on any atom is 0.328 e. The van der Waals surface area contributed by atoms with E-state index in [1.165, 1.54) is 12.0 Å². The van der Waals surface area contributed by atoms with Crippen LogP contribution in [0.2, 0.25) is 0 Å². The van der Waals surface area contributed by atoms with Crippen LogP contribution in [0.1, 0.15) is 0 Å². The van der Waals surface area contributed by atoms with Gasteiger partial charge in [-0.15, -0.1) is 0 Å². The number of rotatable bonds is 4. The lowest BCUT2D eigenvalue weighted by Gasteiger charge is -2.34. The topological polar surface area (TPSA) is 102 Å². The molecule has 0 aromatic heterocycles. The Morgan fingerprint density at radius 1 is 1.69 bits per heavy atom. The Morgan fingerprint density at radius 2 is 2.38 bits per heavy atom. The van der Waals surface area contributed by atoms with Crippen molar-refractivity contribution in [3.05, 3.63) is 0 Å². The fraction of sp³-hybridized carbons (Fsp3) is 0.778. The zero-order valence-electron chi connectivity index (χ0n) is 9.09. The minimum Gasteiger partial charge on any atom is -0.480 e. The number of hydrogen-bond donors (Lipinski definition) is 2. The highest BCUT2D eigenvalue weighted by Crippen LogP contribution is 2.08. The van der Waals surface area contributed by atoms with Crippen molar-refractivity contribution in [2.75, 3.05) is 33.5 Å². The number of carbonyl (C=O) groups is 2. The SMILES string of the molecule is COCC(N)C(=O)N1CCOCC1C(=O)O. The van der Waals surface area contributed by atoms with Crippen LogP contribution in [0, 0.1) is 0 Å². The van der Waals surface area contributed by atoms with Crippen LogP contribution in [0.3, 0.4) is 0 Å². The Hall–Kier alpha value is -1.18. The summed E-state index contributed by atoms with van der Waals surface area (Å²) in [6.07, 6.45) is 0. The van der Waals surface area contributed by atoms with Gasteiger partial charge in [-0.05, 0) is 0 Å². The van der Waals surface area contributed by atoms with Crippen molar-refractivity contribution < 1.29 is 24.2 Å². The second-order valence-corrected chi connectivity index (χ2v) is 3.52. The molecule has 2 atom stereocenters. The number of amides is 1. The number of morpholine rings is 1. The third-order valence-electron chi connectivity index (χ3n) is 2.36. The molecule has 2 unspecified atom stereocenters. The van der Waals surface area contributed by atoms with Gasteiger partial charge in [0.2, 0.25) is 5.91 Å². The van der Waals surface area contributed by atoms with Gasteiger partial charge in [-0.3, -0.25) is 4.79 Å². The Kier molecular flexibility index (Phi) is 4.66. The molecule has 0 spiro atoms. The van der Waals surface area contributed by atoms with Crippen LogP contribution in [-0.4, -0.2) is 67.4 Å². The van der Waals surface area contributed by atoms with Crippen LogP contribution in [0.15, 0.2) is 0 Å². The zero-order valence-corrected chi connectivity index (χ0v) is 9.09. The van der Waals surface area contributed by atoms with Crippen LogP contribution in [0.25, 0.3) is 0 Å². The highest BCUT2D eigenvalue weighted by atomic mass is 16.5. The van der Waals surface area contributed by atoms with Crippen molar-refractivity contribution in [1.82, 2.24) is 4.90 Å². The maximum absolute atomic E-state index is 11.8. The lowest BCUT2D eigenvalue weighted by molar-refractivity contribution is -0.159. The van der Waals surface area contributed by atoms with Gasteiger partial charge in [-0.2, -0.15) is 0 Å². The molecule has 0 radical (unpaired) electrons. The molecule has 16 heavy (non-hydrogen) atoms. The number of hydrogen-bond acceptors (Lipinski definition) is 5. The third-order valence-corrected chi connectivity index (χ3v) is 2.36. The molecule has 1 aliphatic rings. The van der Waals surface area contributed by atoms with Crippen LogP contribution < -0.4 is 5.73 Å². The molecule has 1 heterocycles. The molecule has 3 N–H and O–H groups in total. The average molecular weight is 232 g/mol. The van der Waals surface area contributed by atoms with Gasteiger partial charge < -0.3 is 25.2 Å². The fourth-order valence-electron chi connectivity index (χ4n) is 1.54. The molecule has 1 aliphatic heterocycles. The summed E-state index contributed by atoms with van der Waals surface area (Å²) in [5, 5.41) is 8.92. The number of carbonyl (C=O) groups excluding carboxylic acids is 1. The van der Waals surface area contributed by atoms with E-state index in [0.29, 0.717) is 6.61 Å². The van der Waals surface area contributed by atoms with Crippen molar-refractivity contribution in [1.29, 1.82) is 0 Å². The van der Waals surface area contributed by atoms with Crippen LogP contribution >= 0.6 is 0 Å². The van der Waals surface area contributed by atoms with E-state index in [1.807, 2.05) is 0 Å². The number of aliphatic carboxylic acids is 1. The molecule has 7 nitrogen and oxygen atoms in total. The van der Waals surface area contributed by atoms with Crippen LogP contribution in [0.4, 0.5) is 0 Å². The molecule has 0 aromatic carbocycles. The van der Waals surface area contributed by atoms with Crippen molar-refractivity contribution in [3.8, 4) is 0 Å². The Bertz CT molecular complexity index is 271.